The minimum absolute atomic E-state index is 0.196. The van der Waals surface area contributed by atoms with E-state index in [-0.39, 0.29) is 11.1 Å². The number of aromatic hydroxyl groups is 1. The first-order valence-corrected chi connectivity index (χ1v) is 10.4. The van der Waals surface area contributed by atoms with Crippen LogP contribution in [0, 0.1) is 0 Å². The number of hydrogen-bond acceptors (Lipinski definition) is 7. The number of nitrogens with one attached hydrogen (secondary N) is 1. The van der Waals surface area contributed by atoms with Crippen LogP contribution >= 0.6 is 0 Å². The first-order valence-electron chi connectivity index (χ1n) is 10.4. The van der Waals surface area contributed by atoms with Gasteiger partial charge in [0.1, 0.15) is 18.9 Å². The first-order chi connectivity index (χ1) is 16.3. The Bertz CT molecular complexity index is 1230. The lowest BCUT2D eigenvalue weighted by molar-refractivity contribution is -0.776. The minimum atomic E-state index is -2.38. The van der Waals surface area contributed by atoms with E-state index >= 15 is 4.39 Å². The molecule has 2 N–H and O–H groups in total. The van der Waals surface area contributed by atoms with E-state index in [2.05, 4.69) is 4.98 Å². The number of benzene rings is 2. The molecule has 10 heteroatoms. The monoisotopic (exact) mass is 469 g/mol. The van der Waals surface area contributed by atoms with E-state index in [9.17, 15) is 19.5 Å². The van der Waals surface area contributed by atoms with Gasteiger partial charge in [-0.25, -0.2) is 18.8 Å². The highest BCUT2D eigenvalue weighted by molar-refractivity contribution is 5.90. The number of H-pyrrole nitrogens is 1. The Morgan fingerprint density at radius 1 is 1.06 bits per heavy atom. The van der Waals surface area contributed by atoms with E-state index < -0.39 is 54.2 Å². The summed E-state index contributed by atoms with van der Waals surface area (Å²) < 4.78 is 33.6. The number of ether oxygens (including phenoxy) is 3. The lowest BCUT2D eigenvalue weighted by Gasteiger charge is -2.26. The number of alkyl halides is 1. The van der Waals surface area contributed by atoms with Gasteiger partial charge >= 0.3 is 23.5 Å². The lowest BCUT2D eigenvalue weighted by atomic mass is 9.98. The summed E-state index contributed by atoms with van der Waals surface area (Å²) in [5.74, 6) is -1.46. The van der Waals surface area contributed by atoms with Crippen molar-refractivity contribution >= 4 is 11.9 Å². The summed E-state index contributed by atoms with van der Waals surface area (Å²) in [5, 5.41) is 10.2. The second-order valence-corrected chi connectivity index (χ2v) is 7.87. The van der Waals surface area contributed by atoms with E-state index in [1.165, 1.54) is 12.1 Å². The van der Waals surface area contributed by atoms with Gasteiger partial charge in [0.15, 0.2) is 6.10 Å². The minimum Gasteiger partial charge on any atom is -0.459 e. The molecule has 1 aromatic heterocycles. The van der Waals surface area contributed by atoms with Crippen LogP contribution in [0.3, 0.4) is 0 Å². The molecule has 0 amide bonds. The van der Waals surface area contributed by atoms with Gasteiger partial charge in [-0.1, -0.05) is 36.4 Å². The molecule has 1 saturated heterocycles. The van der Waals surface area contributed by atoms with Crippen molar-refractivity contribution < 1.29 is 37.9 Å². The van der Waals surface area contributed by atoms with Crippen LogP contribution in [-0.4, -0.2) is 46.5 Å². The number of hydrogen-bond donors (Lipinski definition) is 2. The molecule has 1 aliphatic heterocycles. The summed E-state index contributed by atoms with van der Waals surface area (Å²) in [6, 6.07) is 16.6. The van der Waals surface area contributed by atoms with Gasteiger partial charge in [0, 0.05) is 0 Å². The van der Waals surface area contributed by atoms with E-state index in [0.29, 0.717) is 0 Å². The topological polar surface area (TPSA) is 119 Å². The molecule has 2 heterocycles. The molecule has 0 saturated carbocycles. The first kappa shape index (κ1) is 23.1. The molecule has 0 aliphatic carbocycles. The molecule has 0 spiro atoms. The summed E-state index contributed by atoms with van der Waals surface area (Å²) in [4.78, 5) is 38.7. The summed E-state index contributed by atoms with van der Waals surface area (Å²) in [7, 11) is 0. The second-order valence-electron chi connectivity index (χ2n) is 7.87. The fourth-order valence-electron chi connectivity index (χ4n) is 3.73. The fourth-order valence-corrected chi connectivity index (χ4v) is 3.73. The predicted molar refractivity (Wildman–Crippen MR) is 115 cm³/mol. The number of aromatic nitrogens is 2. The number of carbonyl (C=O) groups excluding carboxylic acids is 2. The van der Waals surface area contributed by atoms with Gasteiger partial charge in [-0.15, -0.1) is 0 Å². The number of esters is 2. The van der Waals surface area contributed by atoms with E-state index in [1.807, 2.05) is 0 Å². The van der Waals surface area contributed by atoms with Crippen molar-refractivity contribution in [2.75, 3.05) is 6.61 Å². The summed E-state index contributed by atoms with van der Waals surface area (Å²) in [5.41, 5.74) is -2.51. The van der Waals surface area contributed by atoms with Crippen LogP contribution < -0.4 is 10.1 Å². The van der Waals surface area contributed by atoms with Crippen LogP contribution in [0.15, 0.2) is 77.7 Å². The van der Waals surface area contributed by atoms with Crippen molar-refractivity contribution in [3.63, 3.8) is 0 Å². The Balaban J connectivity index is 1.61. The Morgan fingerprint density at radius 3 is 2.24 bits per heavy atom. The van der Waals surface area contributed by atoms with Gasteiger partial charge < -0.3 is 19.3 Å². The smallest absolute Gasteiger partial charge is 0.456 e. The molecule has 34 heavy (non-hydrogen) atoms. The van der Waals surface area contributed by atoms with Crippen LogP contribution in [0.4, 0.5) is 4.39 Å². The Hall–Kier alpha value is -4.05. The fraction of sp³-hybridized carbons (Fsp3) is 0.250. The highest BCUT2D eigenvalue weighted by Crippen LogP contribution is 2.41. The van der Waals surface area contributed by atoms with Crippen LogP contribution in [-0.2, 0) is 14.2 Å². The number of halogens is 1. The van der Waals surface area contributed by atoms with Crippen molar-refractivity contribution in [3.05, 3.63) is 94.4 Å². The van der Waals surface area contributed by atoms with Crippen molar-refractivity contribution in [1.29, 1.82) is 0 Å². The zero-order valence-electron chi connectivity index (χ0n) is 18.1. The van der Waals surface area contributed by atoms with Crippen molar-refractivity contribution in [2.24, 2.45) is 0 Å². The zero-order chi connectivity index (χ0) is 24.3. The molecule has 1 aliphatic rings. The van der Waals surface area contributed by atoms with Crippen molar-refractivity contribution in [1.82, 2.24) is 4.98 Å². The maximum Gasteiger partial charge on any atom is 0.456 e. The molecule has 0 bridgehead atoms. The largest absolute Gasteiger partial charge is 0.459 e. The van der Waals surface area contributed by atoms with Crippen LogP contribution in [0.5, 0.6) is 6.01 Å². The number of nitrogens with zero attached hydrogens (tertiary/aromatic N) is 1. The van der Waals surface area contributed by atoms with E-state index in [1.54, 1.807) is 48.5 Å². The van der Waals surface area contributed by atoms with Crippen LogP contribution in [0.2, 0.25) is 0 Å². The molecule has 4 atom stereocenters. The zero-order valence-corrected chi connectivity index (χ0v) is 18.1. The number of aromatic amines is 1. The number of carbonyl (C=O) groups is 2. The summed E-state index contributed by atoms with van der Waals surface area (Å²) >= 11 is 0. The SMILES string of the molecule is C[C@@]1(F)[C@H](OC(=O)c2ccccc2)[C@@H](COC(=O)c2ccccc2)O[C@H]1[n+]1ccc(=O)[nH]c1O. The standard InChI is InChI=1S/C24H21FN2O7/c1-24(25)19(34-21(30)16-10-6-3-7-11-16)17(14-32-20(29)15-8-4-2-5-9-15)33-22(24)27-13-12-18(28)26-23(27)31/h2-13,17,19,22H,14H2,1H3,(H,26,28,31)/p+1/t17-,19-,22-,24-/m1/s1. The number of rotatable bonds is 6. The third-order valence-electron chi connectivity index (χ3n) is 5.43. The van der Waals surface area contributed by atoms with Crippen LogP contribution in [0.25, 0.3) is 0 Å². The highest BCUT2D eigenvalue weighted by Gasteiger charge is 2.61. The molecule has 1 fully saturated rings. The Labute approximate surface area is 193 Å². The Morgan fingerprint density at radius 2 is 1.65 bits per heavy atom. The highest BCUT2D eigenvalue weighted by atomic mass is 19.1. The van der Waals surface area contributed by atoms with E-state index in [4.69, 9.17) is 14.2 Å². The van der Waals surface area contributed by atoms with Gasteiger partial charge in [-0.2, -0.15) is 9.55 Å². The predicted octanol–water partition coefficient (Wildman–Crippen LogP) is 2.08. The molecule has 176 valence electrons. The summed E-state index contributed by atoms with van der Waals surface area (Å²) in [6.07, 6.45) is -3.07. The van der Waals surface area contributed by atoms with E-state index in [0.717, 1.165) is 23.8 Å². The lowest BCUT2D eigenvalue weighted by Crippen LogP contribution is -2.52. The average molecular weight is 469 g/mol. The molecule has 0 unspecified atom stereocenters. The van der Waals surface area contributed by atoms with Gasteiger partial charge in [0.05, 0.1) is 17.2 Å². The summed E-state index contributed by atoms with van der Waals surface area (Å²) in [6.45, 7) is 0.707. The van der Waals surface area contributed by atoms with Crippen molar-refractivity contribution in [3.8, 4) is 6.01 Å². The van der Waals surface area contributed by atoms with Crippen molar-refractivity contribution in [2.45, 2.75) is 31.0 Å². The average Bonchev–Trinajstić information content (AvgIpc) is 3.08. The molecule has 4 rings (SSSR count). The maximum absolute atomic E-state index is 16.1. The molecular weight excluding hydrogens is 447 g/mol. The molecule has 0 radical (unpaired) electrons. The Kier molecular flexibility index (Phi) is 6.42. The van der Waals surface area contributed by atoms with Gasteiger partial charge in [-0.3, -0.25) is 0 Å². The van der Waals surface area contributed by atoms with Gasteiger partial charge in [0.2, 0.25) is 11.9 Å². The van der Waals surface area contributed by atoms with Gasteiger partial charge in [0.25, 0.3) is 0 Å². The molecule has 2 aromatic carbocycles. The maximum atomic E-state index is 16.1. The second kappa shape index (κ2) is 9.44. The quantitative estimate of drug-likeness (QED) is 0.419. The van der Waals surface area contributed by atoms with Crippen LogP contribution in [0.1, 0.15) is 33.9 Å². The third-order valence-corrected chi connectivity index (χ3v) is 5.43. The normalized spacial score (nSPS) is 23.9. The molecular formula is C24H22FN2O7+. The van der Waals surface area contributed by atoms with Gasteiger partial charge in [-0.05, 0) is 31.2 Å². The third kappa shape index (κ3) is 4.67. The molecule has 9 nitrogen and oxygen atoms in total. The molecule has 3 aromatic rings.